The lowest BCUT2D eigenvalue weighted by molar-refractivity contribution is -0.156. The van der Waals surface area contributed by atoms with Crippen molar-refractivity contribution >= 4 is 12.6 Å². The molecule has 3 nitrogen and oxygen atoms in total. The Morgan fingerprint density at radius 3 is 2.55 bits per heavy atom. The summed E-state index contributed by atoms with van der Waals surface area (Å²) in [7, 11) is 0. The SMILES string of the molecule is O=CC1N=CNC1C(F)(F)F. The molecule has 0 bridgehead atoms. The monoisotopic (exact) mass is 166 g/mol. The van der Waals surface area contributed by atoms with Gasteiger partial charge in [0.2, 0.25) is 0 Å². The third-order valence-electron chi connectivity index (χ3n) is 1.33. The van der Waals surface area contributed by atoms with Gasteiger partial charge >= 0.3 is 6.18 Å². The van der Waals surface area contributed by atoms with Crippen LogP contribution in [0.15, 0.2) is 4.99 Å². The molecule has 0 aromatic rings. The van der Waals surface area contributed by atoms with Crippen LogP contribution in [0.4, 0.5) is 13.2 Å². The summed E-state index contributed by atoms with van der Waals surface area (Å²) in [4.78, 5) is 13.3. The predicted molar refractivity (Wildman–Crippen MR) is 31.3 cm³/mol. The van der Waals surface area contributed by atoms with Gasteiger partial charge in [0.15, 0.2) is 6.04 Å². The number of carbonyl (C=O) groups excluding carboxylic acids is 1. The maximum atomic E-state index is 11.9. The fourth-order valence-electron chi connectivity index (χ4n) is 0.796. The van der Waals surface area contributed by atoms with Gasteiger partial charge in [-0.1, -0.05) is 0 Å². The minimum absolute atomic E-state index is 0.175. The number of aldehydes is 1. The molecule has 0 fully saturated rings. The van der Waals surface area contributed by atoms with Crippen LogP contribution < -0.4 is 5.32 Å². The maximum absolute atomic E-state index is 11.9. The molecule has 2 atom stereocenters. The highest BCUT2D eigenvalue weighted by Gasteiger charge is 2.46. The lowest BCUT2D eigenvalue weighted by atomic mass is 10.1. The Morgan fingerprint density at radius 1 is 1.55 bits per heavy atom. The minimum atomic E-state index is -4.41. The predicted octanol–water partition coefficient (Wildman–Crippen LogP) is 0.116. The Bertz CT molecular complexity index is 189. The van der Waals surface area contributed by atoms with E-state index in [0.29, 0.717) is 0 Å². The molecule has 1 heterocycles. The second-order valence-corrected chi connectivity index (χ2v) is 2.09. The molecule has 6 heteroatoms. The first-order valence-corrected chi connectivity index (χ1v) is 2.85. The molecule has 1 rings (SSSR count). The summed E-state index contributed by atoms with van der Waals surface area (Å²) in [6.07, 6.45) is -3.34. The van der Waals surface area contributed by atoms with Crippen LogP contribution >= 0.6 is 0 Å². The van der Waals surface area contributed by atoms with E-state index in [1.54, 1.807) is 0 Å². The Labute approximate surface area is 60.3 Å². The second-order valence-electron chi connectivity index (χ2n) is 2.09. The zero-order chi connectivity index (χ0) is 8.48. The normalized spacial score (nSPS) is 30.1. The summed E-state index contributed by atoms with van der Waals surface area (Å²) in [5.74, 6) is 0. The van der Waals surface area contributed by atoms with E-state index in [9.17, 15) is 18.0 Å². The topological polar surface area (TPSA) is 41.5 Å². The molecule has 1 N–H and O–H groups in total. The standard InChI is InChI=1S/C5H5F3N2O/c6-5(7,8)4-3(1-11)9-2-10-4/h1-4H,(H,9,10). The molecule has 0 spiro atoms. The first-order valence-electron chi connectivity index (χ1n) is 2.85. The Morgan fingerprint density at radius 2 is 2.18 bits per heavy atom. The maximum Gasteiger partial charge on any atom is 0.411 e. The van der Waals surface area contributed by atoms with Crippen LogP contribution in [0, 0.1) is 0 Å². The molecule has 2 unspecified atom stereocenters. The Hall–Kier alpha value is -1.07. The van der Waals surface area contributed by atoms with Crippen molar-refractivity contribution in [2.45, 2.75) is 18.3 Å². The van der Waals surface area contributed by atoms with Crippen LogP contribution in [0.2, 0.25) is 0 Å². The van der Waals surface area contributed by atoms with E-state index in [2.05, 4.69) is 4.99 Å². The number of nitrogens with zero attached hydrogens (tertiary/aromatic N) is 1. The average molecular weight is 166 g/mol. The summed E-state index contributed by atoms with van der Waals surface area (Å²) in [5, 5.41) is 1.95. The minimum Gasteiger partial charge on any atom is -0.363 e. The van der Waals surface area contributed by atoms with Gasteiger partial charge in [0.1, 0.15) is 12.3 Å². The lowest BCUT2D eigenvalue weighted by Gasteiger charge is -2.16. The second kappa shape index (κ2) is 2.52. The number of hydrogen-bond acceptors (Lipinski definition) is 3. The Kier molecular flexibility index (Phi) is 1.84. The summed E-state index contributed by atoms with van der Waals surface area (Å²) >= 11 is 0. The van der Waals surface area contributed by atoms with E-state index in [1.165, 1.54) is 0 Å². The summed E-state index contributed by atoms with van der Waals surface area (Å²) in [6, 6.07) is -3.17. The van der Waals surface area contributed by atoms with Crippen molar-refractivity contribution < 1.29 is 18.0 Å². The van der Waals surface area contributed by atoms with E-state index < -0.39 is 18.3 Å². The fourth-order valence-corrected chi connectivity index (χ4v) is 0.796. The van der Waals surface area contributed by atoms with E-state index in [1.807, 2.05) is 5.32 Å². The molecule has 1 aliphatic heterocycles. The Balaban J connectivity index is 2.68. The van der Waals surface area contributed by atoms with Crippen molar-refractivity contribution in [2.24, 2.45) is 4.99 Å². The number of aliphatic imine (C=N–C) groups is 1. The van der Waals surface area contributed by atoms with Crippen LogP contribution in [0.5, 0.6) is 0 Å². The van der Waals surface area contributed by atoms with Crippen molar-refractivity contribution in [3.63, 3.8) is 0 Å². The molecular weight excluding hydrogens is 161 g/mol. The first-order chi connectivity index (χ1) is 5.05. The zero-order valence-electron chi connectivity index (χ0n) is 5.30. The van der Waals surface area contributed by atoms with Crippen LogP contribution in [0.3, 0.4) is 0 Å². The quantitative estimate of drug-likeness (QED) is 0.562. The fraction of sp³-hybridized carbons (Fsp3) is 0.600. The summed E-state index contributed by atoms with van der Waals surface area (Å²) < 4.78 is 35.7. The number of halogens is 3. The van der Waals surface area contributed by atoms with E-state index in [0.717, 1.165) is 6.34 Å². The lowest BCUT2D eigenvalue weighted by Crippen LogP contribution is -2.45. The molecule has 0 amide bonds. The molecule has 11 heavy (non-hydrogen) atoms. The molecular formula is C5H5F3N2O. The molecule has 0 aliphatic carbocycles. The third-order valence-corrected chi connectivity index (χ3v) is 1.33. The van der Waals surface area contributed by atoms with Crippen LogP contribution in [-0.2, 0) is 4.79 Å². The van der Waals surface area contributed by atoms with Gasteiger partial charge in [0.25, 0.3) is 0 Å². The summed E-state index contributed by atoms with van der Waals surface area (Å²) in [6.45, 7) is 0. The number of carbonyl (C=O) groups is 1. The van der Waals surface area contributed by atoms with E-state index >= 15 is 0 Å². The smallest absolute Gasteiger partial charge is 0.363 e. The summed E-state index contributed by atoms with van der Waals surface area (Å²) in [5.41, 5.74) is 0. The van der Waals surface area contributed by atoms with Gasteiger partial charge in [-0.05, 0) is 0 Å². The van der Waals surface area contributed by atoms with Crippen LogP contribution in [0.1, 0.15) is 0 Å². The van der Waals surface area contributed by atoms with Crippen molar-refractivity contribution in [1.82, 2.24) is 5.32 Å². The number of alkyl halides is 3. The van der Waals surface area contributed by atoms with Gasteiger partial charge in [0.05, 0.1) is 6.34 Å². The van der Waals surface area contributed by atoms with Crippen molar-refractivity contribution in [1.29, 1.82) is 0 Å². The highest BCUT2D eigenvalue weighted by Crippen LogP contribution is 2.24. The first kappa shape index (κ1) is 8.03. The van der Waals surface area contributed by atoms with Crippen molar-refractivity contribution in [2.75, 3.05) is 0 Å². The van der Waals surface area contributed by atoms with Gasteiger partial charge in [-0.2, -0.15) is 13.2 Å². The molecule has 0 saturated carbocycles. The van der Waals surface area contributed by atoms with Gasteiger partial charge in [-0.15, -0.1) is 0 Å². The van der Waals surface area contributed by atoms with Gasteiger partial charge in [-0.3, -0.25) is 4.99 Å². The zero-order valence-corrected chi connectivity index (χ0v) is 5.30. The molecule has 62 valence electrons. The van der Waals surface area contributed by atoms with Crippen molar-refractivity contribution in [3.8, 4) is 0 Å². The van der Waals surface area contributed by atoms with Crippen molar-refractivity contribution in [3.05, 3.63) is 0 Å². The van der Waals surface area contributed by atoms with Gasteiger partial charge < -0.3 is 10.1 Å². The average Bonchev–Trinajstić information content (AvgIpc) is 2.31. The van der Waals surface area contributed by atoms with Crippen LogP contribution in [-0.4, -0.2) is 30.9 Å². The molecule has 1 aliphatic rings. The number of hydrogen-bond donors (Lipinski definition) is 1. The third kappa shape index (κ3) is 1.50. The van der Waals surface area contributed by atoms with Gasteiger partial charge in [-0.25, -0.2) is 0 Å². The number of nitrogens with one attached hydrogen (secondary N) is 1. The van der Waals surface area contributed by atoms with Gasteiger partial charge in [0, 0.05) is 0 Å². The largest absolute Gasteiger partial charge is 0.411 e. The van der Waals surface area contributed by atoms with E-state index in [-0.39, 0.29) is 6.29 Å². The van der Waals surface area contributed by atoms with E-state index in [4.69, 9.17) is 0 Å². The van der Waals surface area contributed by atoms with Crippen LogP contribution in [0.25, 0.3) is 0 Å². The highest BCUT2D eigenvalue weighted by atomic mass is 19.4. The highest BCUT2D eigenvalue weighted by molar-refractivity contribution is 5.70. The molecule has 0 radical (unpaired) electrons. The molecule has 0 aromatic carbocycles. The molecule has 0 saturated heterocycles. The molecule has 0 aromatic heterocycles. The number of rotatable bonds is 1.